The smallest absolute Gasteiger partial charge is 0.0991 e. The molecule has 1 aliphatic carbocycles. The van der Waals surface area contributed by atoms with Crippen LogP contribution in [0.4, 0.5) is 0 Å². The highest BCUT2D eigenvalue weighted by molar-refractivity contribution is 5.32. The standard InChI is InChI=1S/C22H31N3O/c23-13-18-6-4-7-19(12-18)14-25-15-20-21(16-25)22(20)17-26-11-5-10-24-8-2-1-3-9-24/h4,6-7,12,20-22H,1-3,5,8-11,14-17H2/t20-,21+,22+. The summed E-state index contributed by atoms with van der Waals surface area (Å²) in [5, 5.41) is 9.02. The van der Waals surface area contributed by atoms with E-state index in [1.807, 2.05) is 18.2 Å². The minimum absolute atomic E-state index is 0.766. The van der Waals surface area contributed by atoms with Crippen LogP contribution >= 0.6 is 0 Å². The molecule has 4 heteroatoms. The second-order valence-corrected chi connectivity index (χ2v) is 8.33. The van der Waals surface area contributed by atoms with Gasteiger partial charge in [0.2, 0.25) is 0 Å². The van der Waals surface area contributed by atoms with E-state index in [1.54, 1.807) is 0 Å². The van der Waals surface area contributed by atoms with Crippen molar-refractivity contribution >= 4 is 0 Å². The van der Waals surface area contributed by atoms with Gasteiger partial charge in [0.25, 0.3) is 0 Å². The van der Waals surface area contributed by atoms with Gasteiger partial charge in [-0.1, -0.05) is 18.6 Å². The summed E-state index contributed by atoms with van der Waals surface area (Å²) in [5.41, 5.74) is 2.03. The van der Waals surface area contributed by atoms with E-state index in [0.29, 0.717) is 0 Å². The highest BCUT2D eigenvalue weighted by atomic mass is 16.5. The van der Waals surface area contributed by atoms with E-state index < -0.39 is 0 Å². The molecule has 2 saturated heterocycles. The van der Waals surface area contributed by atoms with Gasteiger partial charge in [-0.3, -0.25) is 4.90 Å². The van der Waals surface area contributed by atoms with Crippen LogP contribution in [0.3, 0.4) is 0 Å². The van der Waals surface area contributed by atoms with Crippen molar-refractivity contribution in [3.63, 3.8) is 0 Å². The molecule has 3 aliphatic rings. The largest absolute Gasteiger partial charge is 0.381 e. The first-order valence-corrected chi connectivity index (χ1v) is 10.3. The van der Waals surface area contributed by atoms with Crippen LogP contribution in [0.15, 0.2) is 24.3 Å². The van der Waals surface area contributed by atoms with E-state index in [1.165, 1.54) is 64.0 Å². The lowest BCUT2D eigenvalue weighted by Gasteiger charge is -2.26. The van der Waals surface area contributed by atoms with Gasteiger partial charge in [0, 0.05) is 32.8 Å². The fourth-order valence-corrected chi connectivity index (χ4v) is 4.90. The molecule has 1 aromatic carbocycles. The number of hydrogen-bond acceptors (Lipinski definition) is 4. The molecule has 0 radical (unpaired) electrons. The fourth-order valence-electron chi connectivity index (χ4n) is 4.90. The molecule has 1 saturated carbocycles. The van der Waals surface area contributed by atoms with Crippen LogP contribution in [0.5, 0.6) is 0 Å². The first kappa shape index (κ1) is 18.0. The molecule has 4 nitrogen and oxygen atoms in total. The topological polar surface area (TPSA) is 39.5 Å². The minimum Gasteiger partial charge on any atom is -0.381 e. The van der Waals surface area contributed by atoms with Crippen LogP contribution in [-0.4, -0.2) is 55.7 Å². The molecule has 0 aromatic heterocycles. The minimum atomic E-state index is 0.766. The number of nitriles is 1. The Bertz CT molecular complexity index is 623. The number of ether oxygens (including phenoxy) is 1. The molecular weight excluding hydrogens is 322 g/mol. The van der Waals surface area contributed by atoms with Crippen LogP contribution in [0.25, 0.3) is 0 Å². The molecule has 2 heterocycles. The van der Waals surface area contributed by atoms with Crippen molar-refractivity contribution in [2.24, 2.45) is 17.8 Å². The molecule has 3 fully saturated rings. The van der Waals surface area contributed by atoms with Gasteiger partial charge in [0.15, 0.2) is 0 Å². The third-order valence-corrected chi connectivity index (χ3v) is 6.43. The maximum Gasteiger partial charge on any atom is 0.0991 e. The van der Waals surface area contributed by atoms with Gasteiger partial charge in [-0.2, -0.15) is 5.26 Å². The van der Waals surface area contributed by atoms with Crippen LogP contribution < -0.4 is 0 Å². The summed E-state index contributed by atoms with van der Waals surface area (Å²) in [6, 6.07) is 10.3. The zero-order valence-electron chi connectivity index (χ0n) is 15.8. The molecule has 4 rings (SSSR count). The van der Waals surface area contributed by atoms with Gasteiger partial charge in [-0.15, -0.1) is 0 Å². The van der Waals surface area contributed by atoms with E-state index in [2.05, 4.69) is 21.9 Å². The van der Waals surface area contributed by atoms with Crippen LogP contribution in [-0.2, 0) is 11.3 Å². The van der Waals surface area contributed by atoms with Gasteiger partial charge >= 0.3 is 0 Å². The third-order valence-electron chi connectivity index (χ3n) is 6.43. The van der Waals surface area contributed by atoms with Crippen molar-refractivity contribution in [2.45, 2.75) is 32.2 Å². The molecule has 0 unspecified atom stereocenters. The van der Waals surface area contributed by atoms with E-state index in [-0.39, 0.29) is 0 Å². The van der Waals surface area contributed by atoms with Crippen molar-refractivity contribution in [2.75, 3.05) is 45.9 Å². The molecule has 0 spiro atoms. The lowest BCUT2D eigenvalue weighted by Crippen LogP contribution is -2.31. The Morgan fingerprint density at radius 1 is 1.08 bits per heavy atom. The highest BCUT2D eigenvalue weighted by Crippen LogP contribution is 2.51. The van der Waals surface area contributed by atoms with Crippen molar-refractivity contribution < 1.29 is 4.74 Å². The lowest BCUT2D eigenvalue weighted by atomic mass is 10.1. The molecule has 26 heavy (non-hydrogen) atoms. The highest BCUT2D eigenvalue weighted by Gasteiger charge is 2.55. The van der Waals surface area contributed by atoms with Gasteiger partial charge in [0.1, 0.15) is 0 Å². The molecule has 2 aliphatic heterocycles. The van der Waals surface area contributed by atoms with E-state index >= 15 is 0 Å². The van der Waals surface area contributed by atoms with Crippen molar-refractivity contribution in [3.8, 4) is 6.07 Å². The first-order chi connectivity index (χ1) is 12.8. The van der Waals surface area contributed by atoms with Gasteiger partial charge in [0.05, 0.1) is 18.2 Å². The average molecular weight is 354 g/mol. The van der Waals surface area contributed by atoms with E-state index in [9.17, 15) is 0 Å². The van der Waals surface area contributed by atoms with Gasteiger partial charge < -0.3 is 9.64 Å². The Morgan fingerprint density at radius 3 is 2.65 bits per heavy atom. The summed E-state index contributed by atoms with van der Waals surface area (Å²) < 4.78 is 5.99. The molecule has 1 aromatic rings. The Morgan fingerprint density at radius 2 is 1.88 bits per heavy atom. The van der Waals surface area contributed by atoms with Crippen molar-refractivity contribution in [3.05, 3.63) is 35.4 Å². The maximum atomic E-state index is 9.02. The lowest BCUT2D eigenvalue weighted by molar-refractivity contribution is 0.0967. The van der Waals surface area contributed by atoms with E-state index in [4.69, 9.17) is 10.00 Å². The third kappa shape index (κ3) is 4.46. The Kier molecular flexibility index (Phi) is 5.89. The summed E-state index contributed by atoms with van der Waals surface area (Å²) in [6.07, 6.45) is 5.36. The normalized spacial score (nSPS) is 28.7. The van der Waals surface area contributed by atoms with Crippen LogP contribution in [0.1, 0.15) is 36.8 Å². The summed E-state index contributed by atoms with van der Waals surface area (Å²) >= 11 is 0. The second-order valence-electron chi connectivity index (χ2n) is 8.33. The predicted molar refractivity (Wildman–Crippen MR) is 103 cm³/mol. The summed E-state index contributed by atoms with van der Waals surface area (Å²) in [7, 11) is 0. The second kappa shape index (κ2) is 8.52. The Balaban J connectivity index is 1.09. The zero-order chi connectivity index (χ0) is 17.8. The van der Waals surface area contributed by atoms with E-state index in [0.717, 1.165) is 43.1 Å². The first-order valence-electron chi connectivity index (χ1n) is 10.3. The zero-order valence-corrected chi connectivity index (χ0v) is 15.8. The molecular formula is C22H31N3O. The number of rotatable bonds is 8. The number of hydrogen-bond donors (Lipinski definition) is 0. The SMILES string of the molecule is N#Cc1cccc(CN2C[C@@H]3[C@@H](COCCCN4CCCCC4)[C@@H]3C2)c1. The predicted octanol–water partition coefficient (Wildman–Crippen LogP) is 3.13. The summed E-state index contributed by atoms with van der Waals surface area (Å²) in [6.45, 7) is 9.06. The number of likely N-dealkylation sites (tertiary alicyclic amines) is 2. The number of benzene rings is 1. The number of fused-ring (bicyclic) bond motifs is 1. The molecule has 0 N–H and O–H groups in total. The number of piperidine rings is 2. The van der Waals surface area contributed by atoms with Crippen LogP contribution in [0.2, 0.25) is 0 Å². The number of nitrogens with zero attached hydrogens (tertiary/aromatic N) is 3. The summed E-state index contributed by atoms with van der Waals surface area (Å²) in [5.74, 6) is 2.49. The Labute approximate surface area is 157 Å². The molecule has 0 bridgehead atoms. The fraction of sp³-hybridized carbons (Fsp3) is 0.682. The molecule has 140 valence electrons. The summed E-state index contributed by atoms with van der Waals surface area (Å²) in [4.78, 5) is 5.14. The van der Waals surface area contributed by atoms with Crippen molar-refractivity contribution in [1.82, 2.24) is 9.80 Å². The molecule has 0 amide bonds. The maximum absolute atomic E-state index is 9.02. The Hall–Kier alpha value is -1.41. The van der Waals surface area contributed by atoms with Crippen LogP contribution in [0, 0.1) is 29.1 Å². The monoisotopic (exact) mass is 353 g/mol. The van der Waals surface area contributed by atoms with Gasteiger partial charge in [-0.05, 0) is 67.8 Å². The molecule has 3 atom stereocenters. The van der Waals surface area contributed by atoms with Crippen molar-refractivity contribution in [1.29, 1.82) is 5.26 Å². The van der Waals surface area contributed by atoms with Gasteiger partial charge in [-0.25, -0.2) is 0 Å². The quantitative estimate of drug-likeness (QED) is 0.673. The average Bonchev–Trinajstić information content (AvgIpc) is 3.13.